The maximum Gasteiger partial charge on any atom is 0.367 e. The number of hydrogen-bond acceptors (Lipinski definition) is 5. The Balaban J connectivity index is 1.89. The SMILES string of the molecule is CCc1occ(C)c1C(=O)ON1C(=O)c2ccccc2C1=O. The average molecular weight is 299 g/mol. The van der Waals surface area contributed by atoms with E-state index in [1.54, 1.807) is 19.1 Å². The van der Waals surface area contributed by atoms with Crippen molar-refractivity contribution in [2.45, 2.75) is 20.3 Å². The van der Waals surface area contributed by atoms with Gasteiger partial charge in [0, 0.05) is 12.0 Å². The first-order valence-corrected chi connectivity index (χ1v) is 6.81. The van der Waals surface area contributed by atoms with Gasteiger partial charge in [0.15, 0.2) is 0 Å². The predicted molar refractivity (Wildman–Crippen MR) is 75.2 cm³/mol. The number of benzene rings is 1. The summed E-state index contributed by atoms with van der Waals surface area (Å²) in [4.78, 5) is 41.6. The largest absolute Gasteiger partial charge is 0.468 e. The Morgan fingerprint density at radius 1 is 1.18 bits per heavy atom. The van der Waals surface area contributed by atoms with Crippen molar-refractivity contribution in [3.8, 4) is 0 Å². The molecule has 0 bridgehead atoms. The van der Waals surface area contributed by atoms with Crippen molar-refractivity contribution >= 4 is 17.8 Å². The number of rotatable bonds is 3. The molecular weight excluding hydrogens is 286 g/mol. The van der Waals surface area contributed by atoms with Gasteiger partial charge < -0.3 is 9.25 Å². The van der Waals surface area contributed by atoms with Crippen LogP contribution in [0.3, 0.4) is 0 Å². The van der Waals surface area contributed by atoms with E-state index in [0.29, 0.717) is 22.8 Å². The van der Waals surface area contributed by atoms with Crippen molar-refractivity contribution in [3.05, 3.63) is 58.5 Å². The van der Waals surface area contributed by atoms with Crippen molar-refractivity contribution in [2.75, 3.05) is 0 Å². The third-order valence-corrected chi connectivity index (χ3v) is 3.51. The van der Waals surface area contributed by atoms with E-state index in [2.05, 4.69) is 0 Å². The van der Waals surface area contributed by atoms with Gasteiger partial charge in [-0.25, -0.2) is 4.79 Å². The van der Waals surface area contributed by atoms with Crippen LogP contribution in [0.2, 0.25) is 0 Å². The summed E-state index contributed by atoms with van der Waals surface area (Å²) in [5.41, 5.74) is 1.29. The van der Waals surface area contributed by atoms with Crippen LogP contribution in [0.4, 0.5) is 0 Å². The van der Waals surface area contributed by atoms with Crippen LogP contribution in [0.15, 0.2) is 34.9 Å². The molecule has 1 aliphatic rings. The minimum Gasteiger partial charge on any atom is -0.468 e. The number of nitrogens with zero attached hydrogens (tertiary/aromatic N) is 1. The number of imide groups is 1. The smallest absolute Gasteiger partial charge is 0.367 e. The summed E-state index contributed by atoms with van der Waals surface area (Å²) in [6, 6.07) is 6.32. The molecule has 0 N–H and O–H groups in total. The van der Waals surface area contributed by atoms with Gasteiger partial charge in [-0.3, -0.25) is 9.59 Å². The van der Waals surface area contributed by atoms with Crippen LogP contribution in [0.25, 0.3) is 0 Å². The summed E-state index contributed by atoms with van der Waals surface area (Å²) >= 11 is 0. The molecule has 2 amide bonds. The Bertz CT molecular complexity index is 755. The minimum atomic E-state index is -0.780. The van der Waals surface area contributed by atoms with Gasteiger partial charge in [0.2, 0.25) is 0 Å². The monoisotopic (exact) mass is 299 g/mol. The third kappa shape index (κ3) is 2.00. The van der Waals surface area contributed by atoms with E-state index < -0.39 is 17.8 Å². The molecule has 0 aliphatic carbocycles. The lowest BCUT2D eigenvalue weighted by Gasteiger charge is -2.12. The van der Waals surface area contributed by atoms with Crippen LogP contribution >= 0.6 is 0 Å². The fraction of sp³-hybridized carbons (Fsp3) is 0.188. The zero-order valence-electron chi connectivity index (χ0n) is 12.1. The number of hydroxylamine groups is 2. The van der Waals surface area contributed by atoms with E-state index in [9.17, 15) is 14.4 Å². The third-order valence-electron chi connectivity index (χ3n) is 3.51. The van der Waals surface area contributed by atoms with Crippen LogP contribution in [0, 0.1) is 6.92 Å². The highest BCUT2D eigenvalue weighted by molar-refractivity contribution is 6.21. The Hall–Kier alpha value is -2.89. The van der Waals surface area contributed by atoms with Gasteiger partial charge in [-0.1, -0.05) is 24.1 Å². The molecule has 6 nitrogen and oxygen atoms in total. The normalized spacial score (nSPS) is 13.5. The molecule has 1 aliphatic heterocycles. The number of aryl methyl sites for hydroxylation is 2. The van der Waals surface area contributed by atoms with Crippen LogP contribution in [-0.4, -0.2) is 22.8 Å². The van der Waals surface area contributed by atoms with Gasteiger partial charge >= 0.3 is 5.97 Å². The number of amides is 2. The van der Waals surface area contributed by atoms with E-state index in [1.165, 1.54) is 18.4 Å². The molecule has 0 radical (unpaired) electrons. The van der Waals surface area contributed by atoms with Gasteiger partial charge in [-0.15, -0.1) is 0 Å². The van der Waals surface area contributed by atoms with Gasteiger partial charge in [0.05, 0.1) is 17.4 Å². The molecule has 22 heavy (non-hydrogen) atoms. The molecule has 0 unspecified atom stereocenters. The first-order valence-electron chi connectivity index (χ1n) is 6.81. The quantitative estimate of drug-likeness (QED) is 0.814. The predicted octanol–water partition coefficient (Wildman–Crippen LogP) is 2.52. The molecular formula is C16H13NO5. The van der Waals surface area contributed by atoms with Gasteiger partial charge in [0.1, 0.15) is 11.3 Å². The first-order chi connectivity index (χ1) is 10.5. The van der Waals surface area contributed by atoms with Gasteiger partial charge in [-0.05, 0) is 19.1 Å². The van der Waals surface area contributed by atoms with Gasteiger partial charge in [-0.2, -0.15) is 0 Å². The Kier molecular flexibility index (Phi) is 3.29. The summed E-state index contributed by atoms with van der Waals surface area (Å²) in [6.45, 7) is 3.53. The lowest BCUT2D eigenvalue weighted by atomic mass is 10.1. The van der Waals surface area contributed by atoms with Crippen molar-refractivity contribution in [2.24, 2.45) is 0 Å². The van der Waals surface area contributed by atoms with Crippen molar-refractivity contribution in [1.82, 2.24) is 5.06 Å². The van der Waals surface area contributed by atoms with E-state index >= 15 is 0 Å². The second kappa shape index (κ2) is 5.14. The molecule has 2 heterocycles. The number of hydrogen-bond donors (Lipinski definition) is 0. The fourth-order valence-corrected chi connectivity index (χ4v) is 2.41. The summed E-state index contributed by atoms with van der Waals surface area (Å²) in [7, 11) is 0. The highest BCUT2D eigenvalue weighted by Crippen LogP contribution is 2.25. The van der Waals surface area contributed by atoms with Crippen LogP contribution in [-0.2, 0) is 11.3 Å². The van der Waals surface area contributed by atoms with Crippen LogP contribution < -0.4 is 0 Å². The zero-order chi connectivity index (χ0) is 15.9. The van der Waals surface area contributed by atoms with Crippen LogP contribution in [0.5, 0.6) is 0 Å². The molecule has 2 aromatic rings. The maximum absolute atomic E-state index is 12.3. The number of carbonyl (C=O) groups excluding carboxylic acids is 3. The molecule has 3 rings (SSSR count). The molecule has 0 spiro atoms. The molecule has 0 fully saturated rings. The second-order valence-electron chi connectivity index (χ2n) is 4.90. The Morgan fingerprint density at radius 3 is 2.32 bits per heavy atom. The second-order valence-corrected chi connectivity index (χ2v) is 4.90. The van der Waals surface area contributed by atoms with Crippen molar-refractivity contribution in [1.29, 1.82) is 0 Å². The summed E-state index contributed by atoms with van der Waals surface area (Å²) < 4.78 is 5.26. The van der Waals surface area contributed by atoms with E-state index in [-0.39, 0.29) is 16.7 Å². The van der Waals surface area contributed by atoms with E-state index in [1.807, 2.05) is 6.92 Å². The first kappa shape index (κ1) is 14.1. The molecule has 1 aromatic heterocycles. The van der Waals surface area contributed by atoms with Crippen molar-refractivity contribution in [3.63, 3.8) is 0 Å². The molecule has 0 saturated carbocycles. The Labute approximate surface area is 126 Å². The molecule has 0 atom stereocenters. The van der Waals surface area contributed by atoms with Gasteiger partial charge in [0.25, 0.3) is 11.8 Å². The summed E-state index contributed by atoms with van der Waals surface area (Å²) in [6.07, 6.45) is 1.94. The van der Waals surface area contributed by atoms with Crippen LogP contribution in [0.1, 0.15) is 49.3 Å². The lowest BCUT2D eigenvalue weighted by molar-refractivity contribution is -0.0586. The van der Waals surface area contributed by atoms with E-state index in [4.69, 9.17) is 9.25 Å². The summed E-state index contributed by atoms with van der Waals surface area (Å²) in [5.74, 6) is -1.61. The topological polar surface area (TPSA) is 76.8 Å². The number of fused-ring (bicyclic) bond motifs is 1. The summed E-state index contributed by atoms with van der Waals surface area (Å²) in [5, 5.41) is 0.499. The number of furan rings is 1. The Morgan fingerprint density at radius 2 is 1.77 bits per heavy atom. The number of carbonyl (C=O) groups is 3. The molecule has 0 saturated heterocycles. The standard InChI is InChI=1S/C16H13NO5/c1-3-12-13(9(2)8-21-12)16(20)22-17-14(18)10-6-4-5-7-11(10)15(17)19/h4-8H,3H2,1-2H3. The molecule has 1 aromatic carbocycles. The zero-order valence-corrected chi connectivity index (χ0v) is 12.1. The van der Waals surface area contributed by atoms with E-state index in [0.717, 1.165) is 0 Å². The minimum absolute atomic E-state index is 0.222. The highest BCUT2D eigenvalue weighted by atomic mass is 16.7. The van der Waals surface area contributed by atoms with Crippen molar-refractivity contribution < 1.29 is 23.6 Å². The average Bonchev–Trinajstić information content (AvgIpc) is 3.01. The molecule has 112 valence electrons. The fourth-order valence-electron chi connectivity index (χ4n) is 2.41. The lowest BCUT2D eigenvalue weighted by Crippen LogP contribution is -2.33. The highest BCUT2D eigenvalue weighted by Gasteiger charge is 2.39. The molecule has 6 heteroatoms. The maximum atomic E-state index is 12.3.